The molecule has 1 aliphatic heterocycles. The Bertz CT molecular complexity index is 872. The van der Waals surface area contributed by atoms with Gasteiger partial charge in [0.2, 0.25) is 5.91 Å². The molecule has 8 heteroatoms. The summed E-state index contributed by atoms with van der Waals surface area (Å²) in [6, 6.07) is 12.1. The fourth-order valence-corrected chi connectivity index (χ4v) is 2.92. The van der Waals surface area contributed by atoms with Gasteiger partial charge in [0.25, 0.3) is 5.91 Å². The number of ether oxygens (including phenoxy) is 1. The van der Waals surface area contributed by atoms with E-state index in [1.165, 1.54) is 29.2 Å². The summed E-state index contributed by atoms with van der Waals surface area (Å²) >= 11 is 5.95. The molecule has 1 saturated heterocycles. The summed E-state index contributed by atoms with van der Waals surface area (Å²) in [5.41, 5.74) is 0.923. The van der Waals surface area contributed by atoms with Crippen molar-refractivity contribution < 1.29 is 23.5 Å². The van der Waals surface area contributed by atoms with Crippen molar-refractivity contribution in [2.75, 3.05) is 23.4 Å². The fourth-order valence-electron chi connectivity index (χ4n) is 2.74. The van der Waals surface area contributed by atoms with Crippen LogP contribution in [-0.2, 0) is 19.1 Å². The highest BCUT2D eigenvalue weighted by molar-refractivity contribution is 6.33. The van der Waals surface area contributed by atoms with Gasteiger partial charge in [-0.3, -0.25) is 14.4 Å². The highest BCUT2D eigenvalue weighted by atomic mass is 35.5. The van der Waals surface area contributed by atoms with Crippen LogP contribution in [0.3, 0.4) is 0 Å². The Morgan fingerprint density at radius 2 is 1.89 bits per heavy atom. The summed E-state index contributed by atoms with van der Waals surface area (Å²) in [5, 5.41) is 2.91. The first-order valence-corrected chi connectivity index (χ1v) is 8.59. The summed E-state index contributed by atoms with van der Waals surface area (Å²) in [6.45, 7) is -0.360. The average Bonchev–Trinajstić information content (AvgIpc) is 3.04. The van der Waals surface area contributed by atoms with E-state index in [1.807, 2.05) is 0 Å². The number of anilines is 2. The Morgan fingerprint density at radius 1 is 1.19 bits per heavy atom. The molecule has 3 rings (SSSR count). The molecule has 0 aromatic heterocycles. The molecule has 2 aromatic rings. The van der Waals surface area contributed by atoms with Gasteiger partial charge >= 0.3 is 5.97 Å². The number of hydrogen-bond acceptors (Lipinski definition) is 4. The van der Waals surface area contributed by atoms with Crippen LogP contribution in [0, 0.1) is 11.7 Å². The van der Waals surface area contributed by atoms with Gasteiger partial charge in [-0.1, -0.05) is 23.7 Å². The van der Waals surface area contributed by atoms with Crippen molar-refractivity contribution in [3.8, 4) is 0 Å². The first-order valence-electron chi connectivity index (χ1n) is 8.21. The molecule has 1 atom stereocenters. The topological polar surface area (TPSA) is 75.7 Å². The fraction of sp³-hybridized carbons (Fsp3) is 0.211. The second-order valence-electron chi connectivity index (χ2n) is 6.02. The van der Waals surface area contributed by atoms with E-state index < -0.39 is 30.2 Å². The number of esters is 1. The Hall–Kier alpha value is -2.93. The smallest absolute Gasteiger partial charge is 0.311 e. The molecule has 1 N–H and O–H groups in total. The molecule has 2 amide bonds. The quantitative estimate of drug-likeness (QED) is 0.796. The summed E-state index contributed by atoms with van der Waals surface area (Å²) in [5.74, 6) is -2.52. The minimum absolute atomic E-state index is 0.0255. The van der Waals surface area contributed by atoms with E-state index in [0.29, 0.717) is 16.4 Å². The normalized spacial score (nSPS) is 16.3. The van der Waals surface area contributed by atoms with Crippen molar-refractivity contribution in [3.05, 3.63) is 59.4 Å². The first kappa shape index (κ1) is 18.8. The van der Waals surface area contributed by atoms with Crippen LogP contribution in [0.25, 0.3) is 0 Å². The third-order valence-electron chi connectivity index (χ3n) is 4.09. The molecule has 0 saturated carbocycles. The molecule has 6 nitrogen and oxygen atoms in total. The molecule has 0 bridgehead atoms. The molecular weight excluding hydrogens is 375 g/mol. The van der Waals surface area contributed by atoms with E-state index in [1.54, 1.807) is 24.3 Å². The Balaban J connectivity index is 1.53. The number of amides is 2. The maximum Gasteiger partial charge on any atom is 0.311 e. The molecule has 0 unspecified atom stereocenters. The summed E-state index contributed by atoms with van der Waals surface area (Å²) in [7, 11) is 0. The highest BCUT2D eigenvalue weighted by Gasteiger charge is 2.36. The van der Waals surface area contributed by atoms with Crippen molar-refractivity contribution >= 4 is 40.8 Å². The second-order valence-corrected chi connectivity index (χ2v) is 6.42. The van der Waals surface area contributed by atoms with Crippen LogP contribution in [0.15, 0.2) is 48.5 Å². The van der Waals surface area contributed by atoms with Gasteiger partial charge in [0.05, 0.1) is 16.6 Å². The van der Waals surface area contributed by atoms with E-state index in [-0.39, 0.29) is 18.9 Å². The standard InChI is InChI=1S/C19H16ClFN2O4/c20-15-3-1-2-4-16(15)22-17(24)11-27-19(26)12-9-18(25)23(10-12)14-7-5-13(21)6-8-14/h1-8,12H,9-11H2,(H,22,24)/t12-/m0/s1. The maximum absolute atomic E-state index is 13.0. The third-order valence-corrected chi connectivity index (χ3v) is 4.42. The summed E-state index contributed by atoms with van der Waals surface area (Å²) < 4.78 is 18.0. The van der Waals surface area contributed by atoms with Crippen molar-refractivity contribution in [2.45, 2.75) is 6.42 Å². The highest BCUT2D eigenvalue weighted by Crippen LogP contribution is 2.26. The number of nitrogens with zero attached hydrogens (tertiary/aromatic N) is 1. The Labute approximate surface area is 159 Å². The van der Waals surface area contributed by atoms with E-state index in [9.17, 15) is 18.8 Å². The number of carbonyl (C=O) groups is 3. The first-order chi connectivity index (χ1) is 12.9. The van der Waals surface area contributed by atoms with Crippen LogP contribution < -0.4 is 10.2 Å². The van der Waals surface area contributed by atoms with Crippen LogP contribution in [-0.4, -0.2) is 30.9 Å². The monoisotopic (exact) mass is 390 g/mol. The number of carbonyl (C=O) groups excluding carboxylic acids is 3. The summed E-state index contributed by atoms with van der Waals surface area (Å²) in [4.78, 5) is 37.6. The van der Waals surface area contributed by atoms with Gasteiger partial charge in [-0.25, -0.2) is 4.39 Å². The van der Waals surface area contributed by atoms with E-state index in [0.717, 1.165) is 0 Å². The molecular formula is C19H16ClFN2O4. The van der Waals surface area contributed by atoms with Gasteiger partial charge in [0, 0.05) is 18.7 Å². The lowest BCUT2D eigenvalue weighted by Crippen LogP contribution is -2.28. The van der Waals surface area contributed by atoms with Gasteiger partial charge < -0.3 is 15.0 Å². The van der Waals surface area contributed by atoms with Crippen molar-refractivity contribution in [3.63, 3.8) is 0 Å². The number of rotatable bonds is 5. The van der Waals surface area contributed by atoms with Crippen LogP contribution in [0.1, 0.15) is 6.42 Å². The molecule has 1 fully saturated rings. The molecule has 27 heavy (non-hydrogen) atoms. The molecule has 140 valence electrons. The lowest BCUT2D eigenvalue weighted by Gasteiger charge is -2.16. The minimum atomic E-state index is -0.685. The van der Waals surface area contributed by atoms with Gasteiger partial charge in [-0.05, 0) is 36.4 Å². The van der Waals surface area contributed by atoms with Gasteiger partial charge in [-0.15, -0.1) is 0 Å². The number of benzene rings is 2. The van der Waals surface area contributed by atoms with Crippen molar-refractivity contribution in [2.24, 2.45) is 5.92 Å². The van der Waals surface area contributed by atoms with E-state index >= 15 is 0 Å². The molecule has 1 aliphatic rings. The lowest BCUT2D eigenvalue weighted by atomic mass is 10.1. The zero-order chi connectivity index (χ0) is 19.4. The van der Waals surface area contributed by atoms with Crippen LogP contribution in [0.5, 0.6) is 0 Å². The van der Waals surface area contributed by atoms with E-state index in [2.05, 4.69) is 5.32 Å². The maximum atomic E-state index is 13.0. The Kier molecular flexibility index (Phi) is 5.71. The minimum Gasteiger partial charge on any atom is -0.455 e. The Morgan fingerprint density at radius 3 is 2.59 bits per heavy atom. The van der Waals surface area contributed by atoms with Crippen molar-refractivity contribution in [1.82, 2.24) is 0 Å². The lowest BCUT2D eigenvalue weighted by molar-refractivity contribution is -0.151. The number of para-hydroxylation sites is 1. The third kappa shape index (κ3) is 4.62. The molecule has 2 aromatic carbocycles. The number of nitrogens with one attached hydrogen (secondary N) is 1. The summed E-state index contributed by atoms with van der Waals surface area (Å²) in [6.07, 6.45) is -0.0255. The number of halogens is 2. The van der Waals surface area contributed by atoms with Gasteiger partial charge in [0.1, 0.15) is 5.82 Å². The zero-order valence-electron chi connectivity index (χ0n) is 14.2. The predicted molar refractivity (Wildman–Crippen MR) is 97.9 cm³/mol. The average molecular weight is 391 g/mol. The SMILES string of the molecule is O=C(COC(=O)[C@H]1CC(=O)N(c2ccc(F)cc2)C1)Nc1ccccc1Cl. The van der Waals surface area contributed by atoms with Crippen LogP contribution in [0.4, 0.5) is 15.8 Å². The van der Waals surface area contributed by atoms with Gasteiger partial charge in [-0.2, -0.15) is 0 Å². The van der Waals surface area contributed by atoms with Crippen LogP contribution in [0.2, 0.25) is 5.02 Å². The molecule has 0 spiro atoms. The van der Waals surface area contributed by atoms with Crippen molar-refractivity contribution in [1.29, 1.82) is 0 Å². The van der Waals surface area contributed by atoms with Crippen LogP contribution >= 0.6 is 11.6 Å². The van der Waals surface area contributed by atoms with Gasteiger partial charge in [0.15, 0.2) is 6.61 Å². The largest absolute Gasteiger partial charge is 0.455 e. The van der Waals surface area contributed by atoms with E-state index in [4.69, 9.17) is 16.3 Å². The molecule has 0 radical (unpaired) electrons. The second kappa shape index (κ2) is 8.18. The molecule has 1 heterocycles. The molecule has 0 aliphatic carbocycles. The predicted octanol–water partition coefficient (Wildman–Crippen LogP) is 3.01. The number of hydrogen-bond donors (Lipinski definition) is 1. The zero-order valence-corrected chi connectivity index (χ0v) is 14.9.